The molecule has 0 fully saturated rings. The van der Waals surface area contributed by atoms with E-state index in [1.807, 2.05) is 13.1 Å². The van der Waals surface area contributed by atoms with Gasteiger partial charge in [-0.05, 0) is 29.9 Å². The maximum absolute atomic E-state index is 5.45. The van der Waals surface area contributed by atoms with Crippen LogP contribution in [0.5, 0.6) is 5.75 Å². The highest BCUT2D eigenvalue weighted by atomic mass is 32.1. The normalized spacial score (nSPS) is 14.2. The van der Waals surface area contributed by atoms with Crippen molar-refractivity contribution in [2.75, 3.05) is 24.4 Å². The lowest BCUT2D eigenvalue weighted by molar-refractivity contribution is 0.353. The lowest BCUT2D eigenvalue weighted by Gasteiger charge is -2.08. The maximum atomic E-state index is 5.45. The van der Waals surface area contributed by atoms with E-state index < -0.39 is 0 Å². The minimum Gasteiger partial charge on any atom is -0.471 e. The van der Waals surface area contributed by atoms with E-state index in [4.69, 9.17) is 4.74 Å². The smallest absolute Gasteiger partial charge is 0.161 e. The van der Waals surface area contributed by atoms with Gasteiger partial charge in [-0.2, -0.15) is 12.6 Å². The molecule has 1 heterocycles. The molecule has 0 bridgehead atoms. The molecule has 1 aliphatic rings. The molecule has 2 nitrogen and oxygen atoms in total. The van der Waals surface area contributed by atoms with Gasteiger partial charge in [-0.1, -0.05) is 6.07 Å². The minimum absolute atomic E-state index is 0.666. The molecule has 0 amide bonds. The zero-order chi connectivity index (χ0) is 9.26. The van der Waals surface area contributed by atoms with Gasteiger partial charge in [0, 0.05) is 7.05 Å². The average molecular weight is 195 g/mol. The second-order valence-corrected chi connectivity index (χ2v) is 3.69. The topological polar surface area (TPSA) is 12.5 Å². The second kappa shape index (κ2) is 3.50. The Bertz CT molecular complexity index is 314. The molecule has 13 heavy (non-hydrogen) atoms. The van der Waals surface area contributed by atoms with Crippen LogP contribution >= 0.6 is 12.6 Å². The van der Waals surface area contributed by atoms with Crippen LogP contribution in [-0.4, -0.2) is 19.5 Å². The highest BCUT2D eigenvalue weighted by Gasteiger charge is 2.16. The van der Waals surface area contributed by atoms with E-state index in [0.717, 1.165) is 17.9 Å². The first-order chi connectivity index (χ1) is 6.31. The third-order valence-corrected chi connectivity index (χ3v) is 2.47. The Labute approximate surface area is 83.9 Å². The van der Waals surface area contributed by atoms with Crippen LogP contribution < -0.4 is 9.64 Å². The molecule has 1 aromatic carbocycles. The molecule has 0 radical (unpaired) electrons. The predicted octanol–water partition coefficient (Wildman–Crippen LogP) is 1.95. The summed E-state index contributed by atoms with van der Waals surface area (Å²) < 4.78 is 5.45. The van der Waals surface area contributed by atoms with Crippen molar-refractivity contribution in [1.82, 2.24) is 0 Å². The summed E-state index contributed by atoms with van der Waals surface area (Å²) in [5.74, 6) is 1.88. The zero-order valence-corrected chi connectivity index (χ0v) is 8.55. The van der Waals surface area contributed by atoms with Crippen LogP contribution in [0, 0.1) is 0 Å². The minimum atomic E-state index is 0.666. The first kappa shape index (κ1) is 8.75. The number of benzene rings is 1. The lowest BCUT2D eigenvalue weighted by atomic mass is 10.1. The molecule has 0 spiro atoms. The quantitative estimate of drug-likeness (QED) is 0.724. The van der Waals surface area contributed by atoms with Crippen LogP contribution in [-0.2, 0) is 6.42 Å². The molecule has 70 valence electrons. The first-order valence-electron chi connectivity index (χ1n) is 4.39. The first-order valence-corrected chi connectivity index (χ1v) is 5.02. The summed E-state index contributed by atoms with van der Waals surface area (Å²) in [6.45, 7) is 0.666. The van der Waals surface area contributed by atoms with Crippen LogP contribution in [0.15, 0.2) is 18.2 Å². The number of fused-ring (bicyclic) bond motifs is 1. The highest BCUT2D eigenvalue weighted by Crippen LogP contribution is 2.33. The molecule has 0 aliphatic carbocycles. The Morgan fingerprint density at radius 3 is 3.15 bits per heavy atom. The van der Waals surface area contributed by atoms with E-state index in [1.54, 1.807) is 0 Å². The van der Waals surface area contributed by atoms with Crippen molar-refractivity contribution in [2.45, 2.75) is 6.42 Å². The number of hydrogen-bond donors (Lipinski definition) is 1. The number of hydrogen-bond acceptors (Lipinski definition) is 3. The Morgan fingerprint density at radius 1 is 1.54 bits per heavy atom. The SMILES string of the molecule is CN1COc2ccc(CCS)cc21. The van der Waals surface area contributed by atoms with Gasteiger partial charge in [0.25, 0.3) is 0 Å². The fourth-order valence-electron chi connectivity index (χ4n) is 1.50. The van der Waals surface area contributed by atoms with Crippen molar-refractivity contribution >= 4 is 18.3 Å². The van der Waals surface area contributed by atoms with E-state index in [2.05, 4.69) is 29.7 Å². The molecule has 1 aromatic rings. The van der Waals surface area contributed by atoms with Crippen LogP contribution in [0.2, 0.25) is 0 Å². The summed E-state index contributed by atoms with van der Waals surface area (Å²) >= 11 is 4.21. The fourth-order valence-corrected chi connectivity index (χ4v) is 1.76. The van der Waals surface area contributed by atoms with Gasteiger partial charge in [-0.15, -0.1) is 0 Å². The summed E-state index contributed by atoms with van der Waals surface area (Å²) in [7, 11) is 2.04. The van der Waals surface area contributed by atoms with Crippen LogP contribution in [0.3, 0.4) is 0 Å². The standard InChI is InChI=1S/C10H13NOS/c1-11-7-12-10-3-2-8(4-5-13)6-9(10)11/h2-3,6,13H,4-5,7H2,1H3. The molecule has 0 atom stereocenters. The van der Waals surface area contributed by atoms with Gasteiger partial charge in [-0.25, -0.2) is 0 Å². The second-order valence-electron chi connectivity index (χ2n) is 3.25. The molecule has 0 N–H and O–H groups in total. The van der Waals surface area contributed by atoms with E-state index >= 15 is 0 Å². The summed E-state index contributed by atoms with van der Waals surface area (Å²) in [5.41, 5.74) is 2.52. The largest absolute Gasteiger partial charge is 0.471 e. The van der Waals surface area contributed by atoms with E-state index in [9.17, 15) is 0 Å². The van der Waals surface area contributed by atoms with Gasteiger partial charge in [0.2, 0.25) is 0 Å². The van der Waals surface area contributed by atoms with Crippen LogP contribution in [0.1, 0.15) is 5.56 Å². The number of ether oxygens (including phenoxy) is 1. The van der Waals surface area contributed by atoms with E-state index in [-0.39, 0.29) is 0 Å². The van der Waals surface area contributed by atoms with Crippen molar-refractivity contribution in [3.05, 3.63) is 23.8 Å². The molecular weight excluding hydrogens is 182 g/mol. The summed E-state index contributed by atoms with van der Waals surface area (Å²) in [4.78, 5) is 2.11. The van der Waals surface area contributed by atoms with Gasteiger partial charge < -0.3 is 9.64 Å². The third-order valence-electron chi connectivity index (χ3n) is 2.25. The number of nitrogens with zero attached hydrogens (tertiary/aromatic N) is 1. The van der Waals surface area contributed by atoms with Crippen molar-refractivity contribution in [3.63, 3.8) is 0 Å². The Morgan fingerprint density at radius 2 is 2.38 bits per heavy atom. The third kappa shape index (κ3) is 1.61. The van der Waals surface area contributed by atoms with E-state index in [1.165, 1.54) is 11.3 Å². The molecule has 2 rings (SSSR count). The Balaban J connectivity index is 2.31. The molecule has 0 saturated heterocycles. The molecule has 0 unspecified atom stereocenters. The Hall–Kier alpha value is -0.830. The van der Waals surface area contributed by atoms with Crippen molar-refractivity contribution < 1.29 is 4.74 Å². The van der Waals surface area contributed by atoms with Crippen molar-refractivity contribution in [3.8, 4) is 5.75 Å². The van der Waals surface area contributed by atoms with E-state index in [0.29, 0.717) is 6.73 Å². The van der Waals surface area contributed by atoms with Crippen LogP contribution in [0.4, 0.5) is 5.69 Å². The zero-order valence-electron chi connectivity index (χ0n) is 7.66. The monoisotopic (exact) mass is 195 g/mol. The molecular formula is C10H13NOS. The summed E-state index contributed by atoms with van der Waals surface area (Å²) in [5, 5.41) is 0. The number of thiol groups is 1. The highest BCUT2D eigenvalue weighted by molar-refractivity contribution is 7.80. The molecule has 0 aromatic heterocycles. The fraction of sp³-hybridized carbons (Fsp3) is 0.400. The molecule has 1 aliphatic heterocycles. The van der Waals surface area contributed by atoms with Crippen molar-refractivity contribution in [2.24, 2.45) is 0 Å². The number of anilines is 1. The van der Waals surface area contributed by atoms with Crippen LogP contribution in [0.25, 0.3) is 0 Å². The predicted molar refractivity (Wildman–Crippen MR) is 57.9 cm³/mol. The Kier molecular flexibility index (Phi) is 2.36. The maximum Gasteiger partial charge on any atom is 0.161 e. The summed E-state index contributed by atoms with van der Waals surface area (Å²) in [6.07, 6.45) is 1.02. The summed E-state index contributed by atoms with van der Waals surface area (Å²) in [6, 6.07) is 6.32. The molecule has 3 heteroatoms. The lowest BCUT2D eigenvalue weighted by Crippen LogP contribution is -2.14. The van der Waals surface area contributed by atoms with Gasteiger partial charge >= 0.3 is 0 Å². The molecule has 0 saturated carbocycles. The number of rotatable bonds is 2. The van der Waals surface area contributed by atoms with Gasteiger partial charge in [0.1, 0.15) is 5.75 Å². The van der Waals surface area contributed by atoms with Gasteiger partial charge in [0.15, 0.2) is 6.73 Å². The number of aryl methyl sites for hydroxylation is 1. The van der Waals surface area contributed by atoms with Crippen molar-refractivity contribution in [1.29, 1.82) is 0 Å². The average Bonchev–Trinajstić information content (AvgIpc) is 2.49. The van der Waals surface area contributed by atoms with Gasteiger partial charge in [-0.3, -0.25) is 0 Å². The van der Waals surface area contributed by atoms with Gasteiger partial charge in [0.05, 0.1) is 5.69 Å².